The lowest BCUT2D eigenvalue weighted by Crippen LogP contribution is -2.39. The Morgan fingerprint density at radius 2 is 2.38 bits per heavy atom. The summed E-state index contributed by atoms with van der Waals surface area (Å²) in [5.74, 6) is 6.37. The first-order valence-electron chi connectivity index (χ1n) is 9.02. The molecule has 0 aliphatic carbocycles. The quantitative estimate of drug-likeness (QED) is 0.350. The summed E-state index contributed by atoms with van der Waals surface area (Å²) < 4.78 is 10.9. The molecule has 0 radical (unpaired) electrons. The molecule has 0 saturated carbocycles. The van der Waals surface area contributed by atoms with Crippen LogP contribution >= 0.6 is 0 Å². The van der Waals surface area contributed by atoms with Gasteiger partial charge in [-0.05, 0) is 18.6 Å². The molecule has 1 amide bonds. The number of nitrogens with zero attached hydrogens (tertiary/aromatic N) is 4. The SMILES string of the molecule is COc1ccccc1-c1cnc(C(=O)N[C@@H]2C[C@@H](CN(N)/C=C\N)N(C#N)C2)o1.[HH]. The van der Waals surface area contributed by atoms with Gasteiger partial charge in [-0.3, -0.25) is 4.79 Å². The summed E-state index contributed by atoms with van der Waals surface area (Å²) in [6, 6.07) is 6.93. The number of methoxy groups -OCH3 is 1. The van der Waals surface area contributed by atoms with Crippen molar-refractivity contribution in [1.82, 2.24) is 20.2 Å². The highest BCUT2D eigenvalue weighted by Crippen LogP contribution is 2.30. The van der Waals surface area contributed by atoms with Crippen molar-refractivity contribution in [1.29, 1.82) is 5.26 Å². The Labute approximate surface area is 169 Å². The molecule has 1 aliphatic heterocycles. The maximum atomic E-state index is 12.6. The molecular formula is C19H25N7O3. The van der Waals surface area contributed by atoms with Crippen LogP contribution in [0.1, 0.15) is 18.5 Å². The second kappa shape index (κ2) is 8.99. The van der Waals surface area contributed by atoms with Crippen LogP contribution in [-0.4, -0.2) is 53.1 Å². The largest absolute Gasteiger partial charge is 0.496 e. The average molecular weight is 399 g/mol. The number of ether oxygens (including phenoxy) is 1. The van der Waals surface area contributed by atoms with Gasteiger partial charge in [-0.15, -0.1) is 0 Å². The number of hydrogen-bond acceptors (Lipinski definition) is 9. The van der Waals surface area contributed by atoms with E-state index in [9.17, 15) is 10.1 Å². The molecule has 1 aromatic heterocycles. The van der Waals surface area contributed by atoms with Crippen molar-refractivity contribution in [2.45, 2.75) is 18.5 Å². The second-order valence-corrected chi connectivity index (χ2v) is 6.58. The third-order valence-corrected chi connectivity index (χ3v) is 4.65. The molecule has 1 aromatic carbocycles. The number of amides is 1. The number of carbonyl (C=O) groups excluding carboxylic acids is 1. The molecule has 5 N–H and O–H groups in total. The Balaban J connectivity index is 0.00000320. The predicted octanol–water partition coefficient (Wildman–Crippen LogP) is 0.856. The van der Waals surface area contributed by atoms with Gasteiger partial charge < -0.3 is 30.1 Å². The number of nitrogens with one attached hydrogen (secondary N) is 1. The number of hydrogen-bond donors (Lipinski definition) is 3. The van der Waals surface area contributed by atoms with Crippen molar-refractivity contribution in [3.63, 3.8) is 0 Å². The molecule has 2 heterocycles. The highest BCUT2D eigenvalue weighted by Gasteiger charge is 2.34. The van der Waals surface area contributed by atoms with Crippen LogP contribution in [0.25, 0.3) is 11.3 Å². The molecule has 154 valence electrons. The number of aromatic nitrogens is 1. The normalized spacial score (nSPS) is 18.6. The van der Waals surface area contributed by atoms with Gasteiger partial charge in [-0.1, -0.05) is 12.1 Å². The summed E-state index contributed by atoms with van der Waals surface area (Å²) in [5, 5.41) is 13.6. The van der Waals surface area contributed by atoms with Crippen molar-refractivity contribution >= 4 is 5.91 Å². The number of carbonyl (C=O) groups is 1. The number of oxazole rings is 1. The third-order valence-electron chi connectivity index (χ3n) is 4.65. The topological polar surface area (TPSA) is 147 Å². The van der Waals surface area contributed by atoms with Crippen LogP contribution < -0.4 is 21.6 Å². The van der Waals surface area contributed by atoms with E-state index in [2.05, 4.69) is 16.5 Å². The fourth-order valence-corrected chi connectivity index (χ4v) is 3.33. The second-order valence-electron chi connectivity index (χ2n) is 6.58. The first kappa shape index (κ1) is 20.0. The summed E-state index contributed by atoms with van der Waals surface area (Å²) in [4.78, 5) is 18.2. The van der Waals surface area contributed by atoms with Gasteiger partial charge >= 0.3 is 5.91 Å². The van der Waals surface area contributed by atoms with Crippen molar-refractivity contribution in [2.24, 2.45) is 11.6 Å². The molecule has 0 unspecified atom stereocenters. The highest BCUT2D eigenvalue weighted by molar-refractivity contribution is 5.90. The first-order chi connectivity index (χ1) is 14.0. The van der Waals surface area contributed by atoms with Crippen molar-refractivity contribution in [3.05, 3.63) is 48.8 Å². The smallest absolute Gasteiger partial charge is 0.307 e. The van der Waals surface area contributed by atoms with Gasteiger partial charge in [-0.25, -0.2) is 10.8 Å². The monoisotopic (exact) mass is 399 g/mol. The Kier molecular flexibility index (Phi) is 6.21. The third kappa shape index (κ3) is 4.59. The Morgan fingerprint density at radius 3 is 3.10 bits per heavy atom. The lowest BCUT2D eigenvalue weighted by molar-refractivity contribution is 0.0904. The Hall–Kier alpha value is -3.71. The van der Waals surface area contributed by atoms with E-state index in [-0.39, 0.29) is 19.4 Å². The summed E-state index contributed by atoms with van der Waals surface area (Å²) >= 11 is 0. The molecular weight excluding hydrogens is 374 g/mol. The van der Waals surface area contributed by atoms with E-state index in [1.165, 1.54) is 23.6 Å². The molecule has 10 nitrogen and oxygen atoms in total. The zero-order valence-electron chi connectivity index (χ0n) is 16.0. The van der Waals surface area contributed by atoms with Gasteiger partial charge in [0.05, 0.1) is 31.5 Å². The van der Waals surface area contributed by atoms with E-state index in [1.807, 2.05) is 18.2 Å². The van der Waals surface area contributed by atoms with E-state index >= 15 is 0 Å². The van der Waals surface area contributed by atoms with Crippen LogP contribution in [0.15, 0.2) is 47.3 Å². The maximum Gasteiger partial charge on any atom is 0.307 e. The average Bonchev–Trinajstić information content (AvgIpc) is 3.35. The molecule has 1 fully saturated rings. The molecule has 2 atom stereocenters. The highest BCUT2D eigenvalue weighted by atomic mass is 16.5. The Morgan fingerprint density at radius 1 is 1.59 bits per heavy atom. The van der Waals surface area contributed by atoms with E-state index < -0.39 is 5.91 Å². The van der Waals surface area contributed by atoms with E-state index in [1.54, 1.807) is 18.1 Å². The number of rotatable bonds is 7. The van der Waals surface area contributed by atoms with E-state index in [0.717, 1.165) is 0 Å². The summed E-state index contributed by atoms with van der Waals surface area (Å²) in [5.41, 5.74) is 6.03. The minimum Gasteiger partial charge on any atom is -0.496 e. The molecule has 1 saturated heterocycles. The molecule has 0 bridgehead atoms. The molecule has 2 aromatic rings. The number of hydrazine groups is 1. The zero-order chi connectivity index (χ0) is 20.8. The number of nitrogens with two attached hydrogens (primary N) is 2. The predicted molar refractivity (Wildman–Crippen MR) is 107 cm³/mol. The number of benzene rings is 1. The van der Waals surface area contributed by atoms with Gasteiger partial charge in [0.25, 0.3) is 5.89 Å². The minimum absolute atomic E-state index is 0. The van der Waals surface area contributed by atoms with Crippen LogP contribution in [0.5, 0.6) is 5.75 Å². The van der Waals surface area contributed by atoms with Crippen LogP contribution in [0, 0.1) is 11.5 Å². The van der Waals surface area contributed by atoms with Gasteiger partial charge in [0.2, 0.25) is 0 Å². The van der Waals surface area contributed by atoms with Gasteiger partial charge in [-0.2, -0.15) is 5.26 Å². The Bertz CT molecular complexity index is 927. The lowest BCUT2D eigenvalue weighted by Gasteiger charge is -2.22. The van der Waals surface area contributed by atoms with Crippen LogP contribution in [0.4, 0.5) is 0 Å². The summed E-state index contributed by atoms with van der Waals surface area (Å²) in [7, 11) is 1.56. The molecule has 29 heavy (non-hydrogen) atoms. The lowest BCUT2D eigenvalue weighted by atomic mass is 10.1. The molecule has 3 rings (SSSR count). The van der Waals surface area contributed by atoms with E-state index in [0.29, 0.717) is 36.6 Å². The molecule has 1 aliphatic rings. The zero-order valence-corrected chi connectivity index (χ0v) is 16.0. The van der Waals surface area contributed by atoms with Crippen LogP contribution in [0.3, 0.4) is 0 Å². The number of nitriles is 1. The standard InChI is InChI=1S/C19H23N7O3.H2/c1-28-16-5-3-2-4-15(16)17-9-23-19(29-17)18(27)24-13-8-14(25(10-13)12-21)11-26(22)7-6-20;/h2-7,9,13-14H,8,10-11,20,22H2,1H3,(H,24,27);1H/b7-6-;/t13-,14+;/m1./s1. The molecule has 10 heteroatoms. The number of likely N-dealkylation sites (tertiary alicyclic amines) is 1. The maximum absolute atomic E-state index is 12.6. The van der Waals surface area contributed by atoms with Gasteiger partial charge in [0.1, 0.15) is 5.75 Å². The number of para-hydroxylation sites is 1. The first-order valence-corrected chi connectivity index (χ1v) is 9.02. The van der Waals surface area contributed by atoms with Gasteiger partial charge in [0.15, 0.2) is 12.0 Å². The minimum atomic E-state index is -0.443. The summed E-state index contributed by atoms with van der Waals surface area (Å²) in [6.45, 7) is 0.789. The fraction of sp³-hybridized carbons (Fsp3) is 0.316. The van der Waals surface area contributed by atoms with Gasteiger partial charge in [0, 0.05) is 26.4 Å². The van der Waals surface area contributed by atoms with Crippen molar-refractivity contribution in [2.75, 3.05) is 20.2 Å². The summed E-state index contributed by atoms with van der Waals surface area (Å²) in [6.07, 6.45) is 7.03. The van der Waals surface area contributed by atoms with Crippen LogP contribution in [-0.2, 0) is 0 Å². The molecule has 0 spiro atoms. The van der Waals surface area contributed by atoms with E-state index in [4.69, 9.17) is 20.7 Å². The van der Waals surface area contributed by atoms with Crippen molar-refractivity contribution in [3.8, 4) is 23.3 Å². The van der Waals surface area contributed by atoms with Crippen molar-refractivity contribution < 1.29 is 15.4 Å². The van der Waals surface area contributed by atoms with Crippen LogP contribution in [0.2, 0.25) is 0 Å². The fourth-order valence-electron chi connectivity index (χ4n) is 3.33.